The van der Waals surface area contributed by atoms with Crippen LogP contribution in [0.15, 0.2) is 36.0 Å². The Labute approximate surface area is 97.3 Å². The fraction of sp³-hybridized carbons (Fsp3) is 0.250. The zero-order valence-electron chi connectivity index (χ0n) is 9.51. The number of hydrogen-bond acceptors (Lipinski definition) is 1. The molecule has 0 saturated carbocycles. The predicted molar refractivity (Wildman–Crippen MR) is 58.3 cm³/mol. The van der Waals surface area contributed by atoms with Gasteiger partial charge in [0, 0.05) is 6.08 Å². The third-order valence-electron chi connectivity index (χ3n) is 2.15. The van der Waals surface area contributed by atoms with E-state index < -0.39 is 12.0 Å². The normalized spacial score (nSPS) is 12.9. The first-order chi connectivity index (χ1) is 7.82. The summed E-state index contributed by atoms with van der Waals surface area (Å²) in [5, 5.41) is 0. The Bertz CT molecular complexity index is 421. The van der Waals surface area contributed by atoms with Gasteiger partial charge < -0.3 is 4.90 Å². The van der Waals surface area contributed by atoms with Crippen molar-refractivity contribution in [1.82, 2.24) is 0 Å². The van der Waals surface area contributed by atoms with Crippen LogP contribution in [0.5, 0.6) is 0 Å². The van der Waals surface area contributed by atoms with E-state index in [9.17, 15) is 18.0 Å². The first kappa shape index (κ1) is 13.4. The van der Waals surface area contributed by atoms with Crippen molar-refractivity contribution in [3.63, 3.8) is 0 Å². The van der Waals surface area contributed by atoms with Gasteiger partial charge in [-0.3, -0.25) is 4.79 Å². The molecule has 0 bridgehead atoms. The third-order valence-corrected chi connectivity index (χ3v) is 2.15. The smallest absolute Gasteiger partial charge is 0.304 e. The maximum absolute atomic E-state index is 12.4. The molecule has 1 aromatic rings. The summed E-state index contributed by atoms with van der Waals surface area (Å²) in [7, 11) is 2.97. The molecule has 0 atom stereocenters. The summed E-state index contributed by atoms with van der Waals surface area (Å²) in [6.07, 6.45) is -3.58. The predicted octanol–water partition coefficient (Wildman–Crippen LogP) is 1.30. The van der Waals surface area contributed by atoms with Crippen LogP contribution in [-0.2, 0) is 4.79 Å². The molecule has 0 heterocycles. The lowest BCUT2D eigenvalue weighted by molar-refractivity contribution is -0.810. The monoisotopic (exact) mass is 244 g/mol. The van der Waals surface area contributed by atoms with Gasteiger partial charge in [-0.15, -0.1) is 0 Å². The number of carbonyl (C=O) groups excluding carboxylic acids is 1. The summed E-state index contributed by atoms with van der Waals surface area (Å²) < 4.78 is 37.1. The van der Waals surface area contributed by atoms with Crippen LogP contribution in [-0.4, -0.2) is 26.1 Å². The lowest BCUT2D eigenvalue weighted by Gasteiger charge is -2.12. The summed E-state index contributed by atoms with van der Waals surface area (Å²) in [5.41, 5.74) is 0.269. The van der Waals surface area contributed by atoms with Crippen LogP contribution in [0.4, 0.5) is 13.2 Å². The van der Waals surface area contributed by atoms with Crippen LogP contribution in [0, 0.1) is 0 Å². The number of ketones is 1. The highest BCUT2D eigenvalue weighted by Gasteiger charge is 2.43. The molecule has 92 valence electrons. The number of benzene rings is 1. The average molecular weight is 244 g/mol. The molecule has 1 N–H and O–H groups in total. The van der Waals surface area contributed by atoms with Gasteiger partial charge in [0.05, 0.1) is 14.1 Å². The topological polar surface area (TPSA) is 21.5 Å². The molecule has 0 radical (unpaired) electrons. The molecule has 17 heavy (non-hydrogen) atoms. The number of likely N-dealkylation sites (N-methyl/N-ethyl adjacent to an activating group) is 1. The number of quaternary nitrogens is 1. The molecule has 0 saturated heterocycles. The van der Waals surface area contributed by atoms with Crippen molar-refractivity contribution in [2.24, 2.45) is 0 Å². The molecule has 0 unspecified atom stereocenters. The van der Waals surface area contributed by atoms with Gasteiger partial charge in [-0.2, -0.15) is 13.2 Å². The number of carbonyl (C=O) groups is 1. The van der Waals surface area contributed by atoms with Crippen LogP contribution < -0.4 is 4.90 Å². The van der Waals surface area contributed by atoms with Crippen molar-refractivity contribution in [2.45, 2.75) is 6.18 Å². The molecular formula is C12H13F3NO+. The van der Waals surface area contributed by atoms with Gasteiger partial charge in [0.2, 0.25) is 0 Å². The number of alkyl halides is 3. The van der Waals surface area contributed by atoms with Gasteiger partial charge in [0.15, 0.2) is 5.70 Å². The van der Waals surface area contributed by atoms with Crippen LogP contribution >= 0.6 is 0 Å². The van der Waals surface area contributed by atoms with E-state index >= 15 is 0 Å². The van der Waals surface area contributed by atoms with Crippen LogP contribution in [0.25, 0.3) is 6.08 Å². The van der Waals surface area contributed by atoms with Gasteiger partial charge in [0.1, 0.15) is 0 Å². The van der Waals surface area contributed by atoms with Gasteiger partial charge in [0.25, 0.3) is 0 Å². The zero-order valence-corrected chi connectivity index (χ0v) is 9.51. The maximum atomic E-state index is 12.4. The molecule has 2 nitrogen and oxygen atoms in total. The Balaban J connectivity index is 3.11. The second kappa shape index (κ2) is 5.14. The van der Waals surface area contributed by atoms with Gasteiger partial charge in [-0.05, 0) is 5.56 Å². The Morgan fingerprint density at radius 2 is 1.71 bits per heavy atom. The Hall–Kier alpha value is -1.62. The summed E-state index contributed by atoms with van der Waals surface area (Å²) in [5.74, 6) is -1.80. The summed E-state index contributed by atoms with van der Waals surface area (Å²) in [6.45, 7) is 0. The van der Waals surface area contributed by atoms with E-state index in [1.54, 1.807) is 30.3 Å². The van der Waals surface area contributed by atoms with Gasteiger partial charge in [-0.25, -0.2) is 0 Å². The number of rotatable bonds is 3. The summed E-state index contributed by atoms with van der Waals surface area (Å²) in [6, 6.07) is 8.45. The van der Waals surface area contributed by atoms with Crippen molar-refractivity contribution < 1.29 is 22.9 Å². The maximum Gasteiger partial charge on any atom is 0.460 e. The lowest BCUT2D eigenvalue weighted by atomic mass is 10.1. The Kier molecular flexibility index (Phi) is 4.07. The largest absolute Gasteiger partial charge is 0.460 e. The van der Waals surface area contributed by atoms with Crippen molar-refractivity contribution in [1.29, 1.82) is 0 Å². The first-order valence-corrected chi connectivity index (χ1v) is 5.01. The molecular weight excluding hydrogens is 231 g/mol. The minimum absolute atomic E-state index is 0.302. The zero-order chi connectivity index (χ0) is 13.1. The highest BCUT2D eigenvalue weighted by molar-refractivity contribution is 6.00. The number of Topliss-reactive ketones (excluding diaryl/α,β-unsaturated/α-hetero) is 1. The third kappa shape index (κ3) is 3.71. The van der Waals surface area contributed by atoms with E-state index in [1.807, 2.05) is 0 Å². The molecule has 0 spiro atoms. The minimum atomic E-state index is -4.84. The van der Waals surface area contributed by atoms with E-state index in [0.29, 0.717) is 10.5 Å². The molecule has 0 aromatic heterocycles. The first-order valence-electron chi connectivity index (χ1n) is 5.01. The van der Waals surface area contributed by atoms with E-state index in [2.05, 4.69) is 0 Å². The van der Waals surface area contributed by atoms with Crippen molar-refractivity contribution >= 4 is 11.9 Å². The highest BCUT2D eigenvalue weighted by atomic mass is 19.4. The van der Waals surface area contributed by atoms with Crippen LogP contribution in [0.3, 0.4) is 0 Å². The van der Waals surface area contributed by atoms with E-state index in [4.69, 9.17) is 0 Å². The molecule has 1 aromatic carbocycles. The quantitative estimate of drug-likeness (QED) is 0.795. The molecule has 0 fully saturated rings. The Morgan fingerprint density at radius 1 is 1.18 bits per heavy atom. The number of hydrogen-bond donors (Lipinski definition) is 1. The minimum Gasteiger partial charge on any atom is -0.304 e. The summed E-state index contributed by atoms with van der Waals surface area (Å²) in [4.78, 5) is 11.5. The number of halogens is 3. The fourth-order valence-electron chi connectivity index (χ4n) is 1.31. The fourth-order valence-corrected chi connectivity index (χ4v) is 1.31. The van der Waals surface area contributed by atoms with Crippen LogP contribution in [0.1, 0.15) is 5.56 Å². The lowest BCUT2D eigenvalue weighted by Crippen LogP contribution is -3.04. The van der Waals surface area contributed by atoms with Crippen molar-refractivity contribution in [3.05, 3.63) is 41.6 Å². The van der Waals surface area contributed by atoms with Crippen molar-refractivity contribution in [3.8, 4) is 0 Å². The second-order valence-electron chi connectivity index (χ2n) is 3.80. The standard InChI is InChI=1S/C12H12F3NO/c1-16(2)10(11(17)12(13,14)15)8-9-6-4-3-5-7-9/h3-8H,1-2H3/p+1/b10-8-. The van der Waals surface area contributed by atoms with E-state index in [-0.39, 0.29) is 5.70 Å². The molecule has 0 aliphatic heterocycles. The van der Waals surface area contributed by atoms with Gasteiger partial charge >= 0.3 is 12.0 Å². The number of allylic oxidation sites excluding steroid dienone is 1. The molecule has 0 amide bonds. The van der Waals surface area contributed by atoms with E-state index in [0.717, 1.165) is 0 Å². The summed E-state index contributed by atoms with van der Waals surface area (Å²) >= 11 is 0. The van der Waals surface area contributed by atoms with E-state index in [1.165, 1.54) is 20.2 Å². The molecule has 1 rings (SSSR count). The molecule has 0 aliphatic carbocycles. The molecule has 5 heteroatoms. The Morgan fingerprint density at radius 3 is 2.12 bits per heavy atom. The highest BCUT2D eigenvalue weighted by Crippen LogP contribution is 2.19. The van der Waals surface area contributed by atoms with Crippen LogP contribution in [0.2, 0.25) is 0 Å². The van der Waals surface area contributed by atoms with Gasteiger partial charge in [-0.1, -0.05) is 30.3 Å². The SMILES string of the molecule is C[NH+](C)/C(=C\c1ccccc1)C(=O)C(F)(F)F. The van der Waals surface area contributed by atoms with Crippen molar-refractivity contribution in [2.75, 3.05) is 14.1 Å². The second-order valence-corrected chi connectivity index (χ2v) is 3.80. The number of nitrogens with one attached hydrogen (secondary N) is 1. The average Bonchev–Trinajstić information content (AvgIpc) is 2.24. The molecule has 0 aliphatic rings.